The summed E-state index contributed by atoms with van der Waals surface area (Å²) in [6, 6.07) is 11.5. The highest BCUT2D eigenvalue weighted by Crippen LogP contribution is 2.38. The molecule has 4 rings (SSSR count). The standard InChI is InChI=1S/C27H24ClF5O2/c1-2-34-20-9-7-17(8-10-20)16-3-5-18(6-4-16)19-13-24(30)26(25(31)14-19)27(32,33)35-21-11-12-22(28)23(29)15-21/h3-6,11-15,17,20H,2,7-10H2,1H3. The van der Waals surface area contributed by atoms with Crippen LogP contribution >= 0.6 is 11.6 Å². The van der Waals surface area contributed by atoms with E-state index in [2.05, 4.69) is 4.74 Å². The van der Waals surface area contributed by atoms with Crippen LogP contribution in [0.2, 0.25) is 5.02 Å². The van der Waals surface area contributed by atoms with Gasteiger partial charge in [0.15, 0.2) is 0 Å². The van der Waals surface area contributed by atoms with Gasteiger partial charge in [0, 0.05) is 12.7 Å². The zero-order valence-electron chi connectivity index (χ0n) is 19.0. The van der Waals surface area contributed by atoms with E-state index in [1.165, 1.54) is 0 Å². The van der Waals surface area contributed by atoms with Crippen molar-refractivity contribution in [3.8, 4) is 16.9 Å². The Hall–Kier alpha value is -2.64. The quantitative estimate of drug-likeness (QED) is 0.296. The predicted octanol–water partition coefficient (Wildman–Crippen LogP) is 8.62. The maximum Gasteiger partial charge on any atom is 0.432 e. The molecule has 1 fully saturated rings. The lowest BCUT2D eigenvalue weighted by atomic mass is 9.82. The lowest BCUT2D eigenvalue weighted by Gasteiger charge is -2.28. The van der Waals surface area contributed by atoms with Crippen LogP contribution in [-0.4, -0.2) is 12.7 Å². The lowest BCUT2D eigenvalue weighted by molar-refractivity contribution is -0.189. The van der Waals surface area contributed by atoms with Gasteiger partial charge in [-0.05, 0) is 79.5 Å². The topological polar surface area (TPSA) is 18.5 Å². The van der Waals surface area contributed by atoms with Crippen LogP contribution < -0.4 is 4.74 Å². The van der Waals surface area contributed by atoms with E-state index in [-0.39, 0.29) is 10.6 Å². The summed E-state index contributed by atoms with van der Waals surface area (Å²) in [4.78, 5) is 0. The molecule has 0 amide bonds. The normalized spacial score (nSPS) is 18.5. The Morgan fingerprint density at radius 3 is 2.03 bits per heavy atom. The molecule has 0 bridgehead atoms. The molecule has 3 aromatic rings. The van der Waals surface area contributed by atoms with Gasteiger partial charge in [-0.25, -0.2) is 13.2 Å². The van der Waals surface area contributed by atoms with Crippen LogP contribution in [0.4, 0.5) is 22.0 Å². The fraction of sp³-hybridized carbons (Fsp3) is 0.333. The molecule has 0 heterocycles. The largest absolute Gasteiger partial charge is 0.432 e. The zero-order valence-corrected chi connectivity index (χ0v) is 19.7. The first kappa shape index (κ1) is 25.5. The molecular weight excluding hydrogens is 487 g/mol. The maximum absolute atomic E-state index is 14.7. The molecule has 0 aromatic heterocycles. The first-order chi connectivity index (χ1) is 16.7. The number of halogens is 6. The van der Waals surface area contributed by atoms with Gasteiger partial charge in [-0.15, -0.1) is 0 Å². The molecular formula is C27H24ClF5O2. The van der Waals surface area contributed by atoms with Crippen LogP contribution in [0.5, 0.6) is 5.75 Å². The molecule has 8 heteroatoms. The molecule has 186 valence electrons. The van der Waals surface area contributed by atoms with Crippen LogP contribution in [0.1, 0.15) is 49.7 Å². The van der Waals surface area contributed by atoms with Crippen LogP contribution in [0.25, 0.3) is 11.1 Å². The third kappa shape index (κ3) is 5.78. The molecule has 1 aliphatic rings. The van der Waals surface area contributed by atoms with Gasteiger partial charge in [-0.2, -0.15) is 8.78 Å². The minimum absolute atomic E-state index is 0.115. The van der Waals surface area contributed by atoms with Crippen molar-refractivity contribution in [1.29, 1.82) is 0 Å². The van der Waals surface area contributed by atoms with Crippen molar-refractivity contribution in [2.75, 3.05) is 6.61 Å². The minimum Gasteiger partial charge on any atom is -0.429 e. The Morgan fingerprint density at radius 1 is 0.829 bits per heavy atom. The minimum atomic E-state index is -4.38. The molecule has 0 atom stereocenters. The van der Waals surface area contributed by atoms with Crippen molar-refractivity contribution in [2.45, 2.75) is 50.7 Å². The van der Waals surface area contributed by atoms with Crippen molar-refractivity contribution >= 4 is 11.6 Å². The second kappa shape index (κ2) is 10.5. The average Bonchev–Trinajstić information content (AvgIpc) is 2.81. The Labute approximate surface area is 205 Å². The smallest absolute Gasteiger partial charge is 0.429 e. The molecule has 0 spiro atoms. The monoisotopic (exact) mass is 510 g/mol. The third-order valence-corrected chi connectivity index (χ3v) is 6.57. The Morgan fingerprint density at radius 2 is 1.46 bits per heavy atom. The first-order valence-electron chi connectivity index (χ1n) is 11.4. The van der Waals surface area contributed by atoms with Gasteiger partial charge in [0.05, 0.1) is 11.1 Å². The number of hydrogen-bond acceptors (Lipinski definition) is 2. The number of alkyl halides is 2. The van der Waals surface area contributed by atoms with E-state index in [9.17, 15) is 22.0 Å². The summed E-state index contributed by atoms with van der Waals surface area (Å²) >= 11 is 5.52. The van der Waals surface area contributed by atoms with Gasteiger partial charge in [-0.1, -0.05) is 35.9 Å². The predicted molar refractivity (Wildman–Crippen MR) is 124 cm³/mol. The van der Waals surface area contributed by atoms with Gasteiger partial charge >= 0.3 is 6.11 Å². The molecule has 0 unspecified atom stereocenters. The molecule has 0 radical (unpaired) electrons. The third-order valence-electron chi connectivity index (χ3n) is 6.26. The Kier molecular flexibility index (Phi) is 7.67. The van der Waals surface area contributed by atoms with Crippen molar-refractivity contribution in [3.05, 3.63) is 88.2 Å². The van der Waals surface area contributed by atoms with E-state index < -0.39 is 34.9 Å². The number of benzene rings is 3. The second-order valence-electron chi connectivity index (χ2n) is 8.56. The van der Waals surface area contributed by atoms with Gasteiger partial charge in [0.2, 0.25) is 0 Å². The van der Waals surface area contributed by atoms with Crippen LogP contribution in [0.3, 0.4) is 0 Å². The molecule has 3 aromatic carbocycles. The summed E-state index contributed by atoms with van der Waals surface area (Å²) in [7, 11) is 0. The number of hydrogen-bond donors (Lipinski definition) is 0. The summed E-state index contributed by atoms with van der Waals surface area (Å²) in [5, 5.41) is -0.299. The van der Waals surface area contributed by atoms with Crippen LogP contribution in [0, 0.1) is 17.5 Å². The van der Waals surface area contributed by atoms with E-state index in [0.29, 0.717) is 30.3 Å². The van der Waals surface area contributed by atoms with E-state index in [1.54, 1.807) is 12.1 Å². The molecule has 0 N–H and O–H groups in total. The highest BCUT2D eigenvalue weighted by molar-refractivity contribution is 6.30. The van der Waals surface area contributed by atoms with E-state index in [1.807, 2.05) is 19.1 Å². The summed E-state index contributed by atoms with van der Waals surface area (Å²) < 4.78 is 82.2. The summed E-state index contributed by atoms with van der Waals surface area (Å²) in [5.74, 6) is -4.19. The van der Waals surface area contributed by atoms with E-state index >= 15 is 0 Å². The van der Waals surface area contributed by atoms with Gasteiger partial charge < -0.3 is 9.47 Å². The lowest BCUT2D eigenvalue weighted by Crippen LogP contribution is -2.25. The van der Waals surface area contributed by atoms with Gasteiger partial charge in [0.25, 0.3) is 0 Å². The molecule has 0 aliphatic heterocycles. The van der Waals surface area contributed by atoms with Crippen molar-refractivity contribution in [3.63, 3.8) is 0 Å². The van der Waals surface area contributed by atoms with Crippen LogP contribution in [-0.2, 0) is 10.8 Å². The molecule has 2 nitrogen and oxygen atoms in total. The highest BCUT2D eigenvalue weighted by atomic mass is 35.5. The second-order valence-corrected chi connectivity index (χ2v) is 8.97. The maximum atomic E-state index is 14.7. The first-order valence-corrected chi connectivity index (χ1v) is 11.8. The van der Waals surface area contributed by atoms with Crippen molar-refractivity contribution in [2.24, 2.45) is 0 Å². The highest BCUT2D eigenvalue weighted by Gasteiger charge is 2.41. The van der Waals surface area contributed by atoms with Gasteiger partial charge in [-0.3, -0.25) is 0 Å². The average molecular weight is 511 g/mol. The zero-order chi connectivity index (χ0) is 25.2. The molecule has 35 heavy (non-hydrogen) atoms. The van der Waals surface area contributed by atoms with Crippen molar-refractivity contribution in [1.82, 2.24) is 0 Å². The summed E-state index contributed by atoms with van der Waals surface area (Å²) in [6.45, 7) is 2.69. The Balaban J connectivity index is 1.51. The van der Waals surface area contributed by atoms with Crippen molar-refractivity contribution < 1.29 is 31.4 Å². The summed E-state index contributed by atoms with van der Waals surface area (Å²) in [5.41, 5.74) is 0.171. The number of ether oxygens (including phenoxy) is 2. The van der Waals surface area contributed by atoms with Gasteiger partial charge in [0.1, 0.15) is 28.8 Å². The Bertz CT molecular complexity index is 1150. The van der Waals surface area contributed by atoms with Crippen LogP contribution in [0.15, 0.2) is 54.6 Å². The molecule has 0 saturated heterocycles. The van der Waals surface area contributed by atoms with E-state index in [0.717, 1.165) is 55.5 Å². The number of rotatable bonds is 7. The SMILES string of the molecule is CCOC1CCC(c2ccc(-c3cc(F)c(C(F)(F)Oc4ccc(Cl)c(F)c4)c(F)c3)cc2)CC1. The fourth-order valence-corrected chi connectivity index (χ4v) is 4.62. The summed E-state index contributed by atoms with van der Waals surface area (Å²) in [6.07, 6.45) is -0.130. The fourth-order valence-electron chi connectivity index (χ4n) is 4.50. The molecule has 1 aliphatic carbocycles. The van der Waals surface area contributed by atoms with E-state index in [4.69, 9.17) is 16.3 Å². The molecule has 1 saturated carbocycles.